The van der Waals surface area contributed by atoms with Crippen LogP contribution in [0.25, 0.3) is 10.4 Å². The van der Waals surface area contributed by atoms with Crippen molar-refractivity contribution in [3.05, 3.63) is 57.5 Å². The molecule has 42 heavy (non-hydrogen) atoms. The van der Waals surface area contributed by atoms with E-state index in [0.29, 0.717) is 41.5 Å². The molecule has 11 heteroatoms. The van der Waals surface area contributed by atoms with Gasteiger partial charge >= 0.3 is 0 Å². The second-order valence-corrected chi connectivity index (χ2v) is 14.0. The summed E-state index contributed by atoms with van der Waals surface area (Å²) in [4.78, 5) is 47.9. The molecule has 0 spiro atoms. The van der Waals surface area contributed by atoms with Crippen LogP contribution < -0.4 is 16.0 Å². The molecule has 3 aliphatic rings. The van der Waals surface area contributed by atoms with Gasteiger partial charge in [0.25, 0.3) is 5.91 Å². The third-order valence-corrected chi connectivity index (χ3v) is 10.7. The highest BCUT2D eigenvalue weighted by molar-refractivity contribution is 7.18. The van der Waals surface area contributed by atoms with Crippen LogP contribution in [0.4, 0.5) is 5.00 Å². The number of anilines is 1. The van der Waals surface area contributed by atoms with Gasteiger partial charge in [-0.3, -0.25) is 19.3 Å². The lowest BCUT2D eigenvalue weighted by molar-refractivity contribution is -0.119. The molecular weight excluding hydrogens is 569 g/mol. The van der Waals surface area contributed by atoms with E-state index in [0.717, 1.165) is 47.9 Å². The van der Waals surface area contributed by atoms with E-state index in [9.17, 15) is 14.4 Å². The molecule has 3 N–H and O–H groups in total. The largest absolute Gasteiger partial charge is 0.352 e. The van der Waals surface area contributed by atoms with Crippen LogP contribution in [-0.2, 0) is 16.1 Å². The number of carbonyl (C=O) groups is 3. The van der Waals surface area contributed by atoms with E-state index in [2.05, 4.69) is 52.9 Å². The highest BCUT2D eigenvalue weighted by atomic mass is 32.1. The molecule has 3 aliphatic heterocycles. The minimum Gasteiger partial charge on any atom is -0.352 e. The molecule has 3 aromatic rings. The molecule has 0 radical (unpaired) electrons. The summed E-state index contributed by atoms with van der Waals surface area (Å²) in [6.45, 7) is 10.8. The Labute approximate surface area is 254 Å². The monoisotopic (exact) mass is 606 g/mol. The highest BCUT2D eigenvalue weighted by Crippen LogP contribution is 2.38. The number of carbonyl (C=O) groups excluding carboxylic acids is 3. The van der Waals surface area contributed by atoms with Gasteiger partial charge in [0.15, 0.2) is 0 Å². The molecule has 6 rings (SSSR count). The Morgan fingerprint density at radius 2 is 1.88 bits per heavy atom. The van der Waals surface area contributed by atoms with Gasteiger partial charge in [0.1, 0.15) is 0 Å². The van der Waals surface area contributed by atoms with Crippen LogP contribution >= 0.6 is 22.7 Å². The first-order valence-electron chi connectivity index (χ1n) is 14.8. The Bertz CT molecular complexity index is 1460. The molecule has 3 saturated heterocycles. The molecule has 0 unspecified atom stereocenters. The van der Waals surface area contributed by atoms with Gasteiger partial charge in [-0.2, -0.15) is 0 Å². The Hall–Kier alpha value is -3.12. The number of rotatable bonds is 9. The quantitative estimate of drug-likeness (QED) is 0.337. The predicted octanol–water partition coefficient (Wildman–Crippen LogP) is 4.25. The van der Waals surface area contributed by atoms with Gasteiger partial charge in [-0.15, -0.1) is 22.7 Å². The molecule has 222 valence electrons. The summed E-state index contributed by atoms with van der Waals surface area (Å²) in [6, 6.07) is 10.6. The number of benzene rings is 1. The number of hydrogen-bond acceptors (Lipinski definition) is 8. The molecule has 0 aliphatic carbocycles. The molecule has 1 aromatic carbocycles. The number of amides is 3. The van der Waals surface area contributed by atoms with E-state index in [-0.39, 0.29) is 29.7 Å². The zero-order valence-electron chi connectivity index (χ0n) is 24.3. The summed E-state index contributed by atoms with van der Waals surface area (Å²) in [7, 11) is 0. The lowest BCUT2D eigenvalue weighted by Crippen LogP contribution is -2.48. The van der Waals surface area contributed by atoms with Crippen molar-refractivity contribution in [1.29, 1.82) is 0 Å². The number of thiazole rings is 1. The molecule has 3 fully saturated rings. The maximum atomic E-state index is 13.1. The first-order valence-corrected chi connectivity index (χ1v) is 16.4. The van der Waals surface area contributed by atoms with Crippen LogP contribution in [0.15, 0.2) is 36.5 Å². The van der Waals surface area contributed by atoms with Crippen LogP contribution in [0.3, 0.4) is 0 Å². The molecule has 5 heterocycles. The molecular formula is C31H38N6O3S2. The fourth-order valence-corrected chi connectivity index (χ4v) is 7.72. The average molecular weight is 607 g/mol. The van der Waals surface area contributed by atoms with Gasteiger partial charge in [0, 0.05) is 63.7 Å². The lowest BCUT2D eigenvalue weighted by atomic mass is 9.86. The van der Waals surface area contributed by atoms with Crippen molar-refractivity contribution < 1.29 is 14.4 Å². The number of nitrogens with one attached hydrogen (secondary N) is 3. The van der Waals surface area contributed by atoms with Gasteiger partial charge in [-0.25, -0.2) is 4.98 Å². The van der Waals surface area contributed by atoms with Crippen molar-refractivity contribution in [1.82, 2.24) is 25.4 Å². The summed E-state index contributed by atoms with van der Waals surface area (Å²) >= 11 is 3.03. The highest BCUT2D eigenvalue weighted by Gasteiger charge is 2.35. The number of thiophene rings is 1. The Kier molecular flexibility index (Phi) is 8.44. The first-order chi connectivity index (χ1) is 20.2. The lowest BCUT2D eigenvalue weighted by Gasteiger charge is -2.43. The summed E-state index contributed by atoms with van der Waals surface area (Å²) in [5.41, 5.74) is 3.63. The molecule has 1 atom stereocenters. The van der Waals surface area contributed by atoms with Crippen LogP contribution in [-0.4, -0.2) is 77.3 Å². The Morgan fingerprint density at radius 1 is 1.07 bits per heavy atom. The van der Waals surface area contributed by atoms with Crippen molar-refractivity contribution in [3.8, 4) is 10.4 Å². The Morgan fingerprint density at radius 3 is 2.60 bits per heavy atom. The van der Waals surface area contributed by atoms with Gasteiger partial charge in [0.05, 0.1) is 25.8 Å². The molecule has 0 bridgehead atoms. The minimum atomic E-state index is -0.146. The van der Waals surface area contributed by atoms with Gasteiger partial charge in [-0.05, 0) is 68.1 Å². The van der Waals surface area contributed by atoms with Crippen molar-refractivity contribution >= 4 is 45.4 Å². The van der Waals surface area contributed by atoms with Crippen LogP contribution in [0.5, 0.6) is 0 Å². The normalized spacial score (nSPS) is 19.5. The second-order valence-electron chi connectivity index (χ2n) is 11.8. The maximum absolute atomic E-state index is 13.1. The van der Waals surface area contributed by atoms with Crippen molar-refractivity contribution in [2.75, 3.05) is 38.0 Å². The fourth-order valence-electron chi connectivity index (χ4n) is 5.84. The van der Waals surface area contributed by atoms with E-state index < -0.39 is 0 Å². The summed E-state index contributed by atoms with van der Waals surface area (Å²) in [5, 5.41) is 10.9. The molecule has 0 saturated carbocycles. The molecule has 9 nitrogen and oxygen atoms in total. The summed E-state index contributed by atoms with van der Waals surface area (Å²) in [6.07, 6.45) is 3.80. The van der Waals surface area contributed by atoms with E-state index in [1.807, 2.05) is 17.2 Å². The SMILES string of the molecule is CC(=O)NCc1ccc(-c2cnc(C3CN(C(=O)c4ccc(NC(=O)[C@@H]5CCCN5)s4)C3)s2)cc1C1CN(C(C)C)C1. The van der Waals surface area contributed by atoms with Crippen molar-refractivity contribution in [2.24, 2.45) is 0 Å². The van der Waals surface area contributed by atoms with E-state index in [1.54, 1.807) is 24.3 Å². The minimum absolute atomic E-state index is 0.00265. The smallest absolute Gasteiger partial charge is 0.264 e. The van der Waals surface area contributed by atoms with Crippen molar-refractivity contribution in [3.63, 3.8) is 0 Å². The van der Waals surface area contributed by atoms with Crippen molar-refractivity contribution in [2.45, 2.75) is 64.1 Å². The molecule has 3 amide bonds. The third kappa shape index (κ3) is 6.15. The van der Waals surface area contributed by atoms with Crippen LogP contribution in [0.1, 0.15) is 71.3 Å². The van der Waals surface area contributed by atoms with E-state index in [4.69, 9.17) is 4.98 Å². The van der Waals surface area contributed by atoms with E-state index >= 15 is 0 Å². The third-order valence-electron chi connectivity index (χ3n) is 8.52. The topological polar surface area (TPSA) is 107 Å². The maximum Gasteiger partial charge on any atom is 0.264 e. The van der Waals surface area contributed by atoms with Gasteiger partial charge in [-0.1, -0.05) is 12.1 Å². The van der Waals surface area contributed by atoms with Crippen LogP contribution in [0, 0.1) is 0 Å². The van der Waals surface area contributed by atoms with E-state index in [1.165, 1.54) is 22.5 Å². The number of aromatic nitrogens is 1. The zero-order chi connectivity index (χ0) is 29.4. The zero-order valence-corrected chi connectivity index (χ0v) is 25.9. The van der Waals surface area contributed by atoms with Gasteiger partial charge in [0.2, 0.25) is 11.8 Å². The molecule has 2 aromatic heterocycles. The van der Waals surface area contributed by atoms with Gasteiger partial charge < -0.3 is 20.9 Å². The predicted molar refractivity (Wildman–Crippen MR) is 167 cm³/mol. The van der Waals surface area contributed by atoms with Crippen LogP contribution in [0.2, 0.25) is 0 Å². The number of hydrogen-bond donors (Lipinski definition) is 3. The Balaban J connectivity index is 1.08. The summed E-state index contributed by atoms with van der Waals surface area (Å²) in [5.74, 6) is 0.635. The number of likely N-dealkylation sites (tertiary alicyclic amines) is 2. The number of nitrogens with zero attached hydrogens (tertiary/aromatic N) is 3. The first kappa shape index (κ1) is 29.0. The summed E-state index contributed by atoms with van der Waals surface area (Å²) < 4.78 is 0. The second kappa shape index (κ2) is 12.2. The average Bonchev–Trinajstić information content (AvgIpc) is 3.68. The fraction of sp³-hybridized carbons (Fsp3) is 0.484. The standard InChI is InChI=1S/C31H38N6O3S2/c1-18(2)36-14-22(15-36)24-11-20(6-7-21(24)12-33-19(3)38)27-13-34-30(42-27)23-16-37(17-23)31(40)26-8-9-28(41-26)35-29(39)25-5-4-10-32-25/h6-9,11,13,18,22-23,25,32H,4-5,10,12,14-17H2,1-3H3,(H,33,38)(H,35,39)/t25-/m0/s1.